The first-order valence-corrected chi connectivity index (χ1v) is 14.0. The average molecular weight is 605 g/mol. The highest BCUT2D eigenvalue weighted by Gasteiger charge is 2.27. The van der Waals surface area contributed by atoms with Crippen LogP contribution in [0, 0.1) is 11.6 Å². The molecule has 0 aliphatic carbocycles. The van der Waals surface area contributed by atoms with E-state index in [9.17, 15) is 22.0 Å². The fraction of sp³-hybridized carbons (Fsp3) is 0.231. The fourth-order valence-electron chi connectivity index (χ4n) is 4.45. The van der Waals surface area contributed by atoms with E-state index in [0.717, 1.165) is 6.07 Å². The molecule has 1 aromatic heterocycles. The van der Waals surface area contributed by atoms with Gasteiger partial charge >= 0.3 is 0 Å². The Hall–Kier alpha value is -3.03. The molecule has 8 nitrogen and oxygen atoms in total. The Kier molecular flexibility index (Phi) is 7.43. The number of morpholine rings is 1. The number of ether oxygens (including phenoxy) is 1. The summed E-state index contributed by atoms with van der Waals surface area (Å²) < 4.78 is 62.3. The second-order valence-corrected chi connectivity index (χ2v) is 11.7. The highest BCUT2D eigenvalue weighted by Crippen LogP contribution is 2.24. The summed E-state index contributed by atoms with van der Waals surface area (Å²) in [5, 5.41) is 0.325. The average Bonchev–Trinajstić information content (AvgIpc) is 2.88. The van der Waals surface area contributed by atoms with Crippen LogP contribution in [0.15, 0.2) is 74.8 Å². The van der Waals surface area contributed by atoms with E-state index < -0.39 is 33.3 Å². The third-order valence-electron chi connectivity index (χ3n) is 6.27. The normalized spacial score (nSPS) is 15.6. The van der Waals surface area contributed by atoms with E-state index in [2.05, 4.69) is 20.9 Å². The molecule has 4 aromatic rings. The summed E-state index contributed by atoms with van der Waals surface area (Å²) >= 11 is 3.38. The molecular weight excluding hydrogens is 582 g/mol. The van der Waals surface area contributed by atoms with E-state index in [1.54, 1.807) is 18.2 Å². The minimum absolute atomic E-state index is 0.00409. The molecule has 0 saturated carbocycles. The smallest absolute Gasteiger partial charge is 0.266 e. The van der Waals surface area contributed by atoms with Gasteiger partial charge in [-0.15, -0.1) is 0 Å². The maximum atomic E-state index is 13.8. The fourth-order valence-corrected chi connectivity index (χ4v) is 6.21. The van der Waals surface area contributed by atoms with Gasteiger partial charge in [0.1, 0.15) is 17.5 Å². The van der Waals surface area contributed by atoms with Crippen molar-refractivity contribution in [1.82, 2.24) is 13.9 Å². The zero-order chi connectivity index (χ0) is 27.0. The number of nitrogens with two attached hydrogens (primary N) is 1. The van der Waals surface area contributed by atoms with Gasteiger partial charge in [-0.25, -0.2) is 22.2 Å². The molecule has 3 aromatic carbocycles. The Labute approximate surface area is 225 Å². The van der Waals surface area contributed by atoms with Crippen molar-refractivity contribution in [3.05, 3.63) is 98.5 Å². The van der Waals surface area contributed by atoms with Gasteiger partial charge < -0.3 is 10.5 Å². The Bertz CT molecular complexity index is 1650. The number of nitrogens with zero attached hydrogens (tertiary/aromatic N) is 3. The number of fused-ring (bicyclic) bond motifs is 1. The molecule has 5 rings (SSSR count). The van der Waals surface area contributed by atoms with Crippen molar-refractivity contribution in [3.8, 4) is 5.69 Å². The van der Waals surface area contributed by atoms with Gasteiger partial charge in [0.05, 0.1) is 40.7 Å². The Morgan fingerprint density at radius 2 is 1.66 bits per heavy atom. The van der Waals surface area contributed by atoms with Gasteiger partial charge in [0, 0.05) is 23.6 Å². The number of aromatic nitrogens is 2. The van der Waals surface area contributed by atoms with Crippen LogP contribution in [0.3, 0.4) is 0 Å². The number of hydrogen-bond donors (Lipinski definition) is 1. The molecule has 1 aliphatic heterocycles. The molecule has 1 atom stereocenters. The molecule has 12 heteroatoms. The molecule has 0 radical (unpaired) electrons. The lowest BCUT2D eigenvalue weighted by Gasteiger charge is -2.26. The van der Waals surface area contributed by atoms with Crippen LogP contribution in [-0.4, -0.2) is 48.6 Å². The lowest BCUT2D eigenvalue weighted by molar-refractivity contribution is 0.0730. The topological polar surface area (TPSA) is 108 Å². The molecule has 0 unspecified atom stereocenters. The number of sulfonamides is 1. The molecule has 1 fully saturated rings. The number of hydrogen-bond acceptors (Lipinski definition) is 6. The first-order valence-electron chi connectivity index (χ1n) is 11.7. The maximum absolute atomic E-state index is 13.8. The Balaban J connectivity index is 1.60. The predicted molar refractivity (Wildman–Crippen MR) is 142 cm³/mol. The van der Waals surface area contributed by atoms with Gasteiger partial charge in [-0.3, -0.25) is 9.36 Å². The molecular formula is C26H23BrF2N4O4S. The summed E-state index contributed by atoms with van der Waals surface area (Å²) in [6.45, 7) is 1.16. The number of benzene rings is 3. The molecule has 1 saturated heterocycles. The second-order valence-electron chi connectivity index (χ2n) is 8.87. The standard InChI is InChI=1S/C26H23BrF2N4O4S/c27-17-1-6-22-24(14-17)31-25(23(30)13-16-11-18(28)15-19(29)12-16)33(26(22)34)20-2-4-21(5-3-20)38(35,36)32-7-9-37-10-8-32/h1-6,11-12,14-15,23H,7-10,13,30H2/t23-/m0/s1. The second kappa shape index (κ2) is 10.6. The van der Waals surface area contributed by atoms with Crippen molar-refractivity contribution in [2.45, 2.75) is 17.4 Å². The first kappa shape index (κ1) is 26.6. The molecule has 0 spiro atoms. The molecule has 2 heterocycles. The van der Waals surface area contributed by atoms with Crippen LogP contribution >= 0.6 is 15.9 Å². The van der Waals surface area contributed by atoms with E-state index in [0.29, 0.717) is 39.8 Å². The van der Waals surface area contributed by atoms with Crippen molar-refractivity contribution in [3.63, 3.8) is 0 Å². The van der Waals surface area contributed by atoms with Crippen molar-refractivity contribution in [2.75, 3.05) is 26.3 Å². The third kappa shape index (κ3) is 5.27. The monoisotopic (exact) mass is 604 g/mol. The van der Waals surface area contributed by atoms with Crippen molar-refractivity contribution < 1.29 is 21.9 Å². The van der Waals surface area contributed by atoms with Crippen LogP contribution in [0.2, 0.25) is 0 Å². The van der Waals surface area contributed by atoms with Gasteiger partial charge in [0.2, 0.25) is 10.0 Å². The molecule has 0 amide bonds. The van der Waals surface area contributed by atoms with Crippen molar-refractivity contribution in [1.29, 1.82) is 0 Å². The summed E-state index contributed by atoms with van der Waals surface area (Å²) in [6, 6.07) is 13.1. The summed E-state index contributed by atoms with van der Waals surface area (Å²) in [5.74, 6) is -1.32. The van der Waals surface area contributed by atoms with Crippen molar-refractivity contribution in [2.24, 2.45) is 5.73 Å². The lowest BCUT2D eigenvalue weighted by Crippen LogP contribution is -2.40. The van der Waals surface area contributed by atoms with Gasteiger partial charge in [0.25, 0.3) is 5.56 Å². The van der Waals surface area contributed by atoms with Gasteiger partial charge in [-0.05, 0) is 66.6 Å². The van der Waals surface area contributed by atoms with E-state index >= 15 is 0 Å². The van der Waals surface area contributed by atoms with Crippen LogP contribution in [0.5, 0.6) is 0 Å². The summed E-state index contributed by atoms with van der Waals surface area (Å²) in [6.07, 6.45) is 0.00409. The number of halogens is 3. The zero-order valence-electron chi connectivity index (χ0n) is 20.0. The molecule has 198 valence electrons. The van der Waals surface area contributed by atoms with Crippen LogP contribution in [0.25, 0.3) is 16.6 Å². The van der Waals surface area contributed by atoms with Gasteiger partial charge in [-0.2, -0.15) is 4.31 Å². The maximum Gasteiger partial charge on any atom is 0.266 e. The molecule has 2 N–H and O–H groups in total. The third-order valence-corrected chi connectivity index (χ3v) is 8.68. The lowest BCUT2D eigenvalue weighted by atomic mass is 10.0. The number of rotatable bonds is 6. The van der Waals surface area contributed by atoms with Gasteiger partial charge in [0.15, 0.2) is 0 Å². The highest BCUT2D eigenvalue weighted by molar-refractivity contribution is 9.10. The minimum atomic E-state index is -3.74. The summed E-state index contributed by atoms with van der Waals surface area (Å²) in [7, 11) is -3.74. The summed E-state index contributed by atoms with van der Waals surface area (Å²) in [5.41, 5.74) is 7.10. The largest absolute Gasteiger partial charge is 0.379 e. The minimum Gasteiger partial charge on any atom is -0.379 e. The highest BCUT2D eigenvalue weighted by atomic mass is 79.9. The molecule has 1 aliphatic rings. The SMILES string of the molecule is N[C@@H](Cc1cc(F)cc(F)c1)c1nc2cc(Br)ccc2c(=O)n1-c1ccc(S(=O)(=O)N2CCOCC2)cc1. The van der Waals surface area contributed by atoms with Crippen LogP contribution in [-0.2, 0) is 21.2 Å². The molecule has 38 heavy (non-hydrogen) atoms. The summed E-state index contributed by atoms with van der Waals surface area (Å²) in [4.78, 5) is 18.4. The van der Waals surface area contributed by atoms with E-state index in [1.807, 2.05) is 0 Å². The van der Waals surface area contributed by atoms with E-state index in [1.165, 1.54) is 45.3 Å². The Morgan fingerprint density at radius 3 is 2.32 bits per heavy atom. The Morgan fingerprint density at radius 1 is 1.00 bits per heavy atom. The van der Waals surface area contributed by atoms with E-state index in [4.69, 9.17) is 10.5 Å². The zero-order valence-corrected chi connectivity index (χ0v) is 22.4. The van der Waals surface area contributed by atoms with E-state index in [-0.39, 0.29) is 30.2 Å². The quantitative estimate of drug-likeness (QED) is 0.360. The van der Waals surface area contributed by atoms with Crippen LogP contribution in [0.1, 0.15) is 17.4 Å². The van der Waals surface area contributed by atoms with Gasteiger partial charge in [-0.1, -0.05) is 15.9 Å². The van der Waals surface area contributed by atoms with Crippen molar-refractivity contribution >= 4 is 36.9 Å². The molecule has 0 bridgehead atoms. The predicted octanol–water partition coefficient (Wildman–Crippen LogP) is 3.69. The first-order chi connectivity index (χ1) is 18.1. The van der Waals surface area contributed by atoms with Crippen LogP contribution in [0.4, 0.5) is 8.78 Å². The van der Waals surface area contributed by atoms with Crippen LogP contribution < -0.4 is 11.3 Å².